The third kappa shape index (κ3) is 3.67. The van der Waals surface area contributed by atoms with Gasteiger partial charge in [0.05, 0.1) is 12.7 Å². The van der Waals surface area contributed by atoms with E-state index in [1.165, 1.54) is 11.3 Å². The van der Waals surface area contributed by atoms with Crippen molar-refractivity contribution in [2.75, 3.05) is 31.2 Å². The molecule has 0 spiro atoms. The van der Waals surface area contributed by atoms with Crippen molar-refractivity contribution in [2.45, 2.75) is 32.8 Å². The smallest absolute Gasteiger partial charge is 0.357 e. The summed E-state index contributed by atoms with van der Waals surface area (Å²) >= 11 is 1.50. The van der Waals surface area contributed by atoms with Crippen LogP contribution in [0.25, 0.3) is 0 Å². The van der Waals surface area contributed by atoms with Gasteiger partial charge in [-0.15, -0.1) is 11.3 Å². The summed E-state index contributed by atoms with van der Waals surface area (Å²) in [6, 6.07) is 0. The Labute approximate surface area is 117 Å². The Balaban J connectivity index is 1.91. The first-order valence-electron chi connectivity index (χ1n) is 6.73. The summed E-state index contributed by atoms with van der Waals surface area (Å²) < 4.78 is 10.6. The molecule has 1 aliphatic heterocycles. The van der Waals surface area contributed by atoms with Gasteiger partial charge in [0.1, 0.15) is 0 Å². The summed E-state index contributed by atoms with van der Waals surface area (Å²) in [6.07, 6.45) is 2.40. The Morgan fingerprint density at radius 3 is 2.79 bits per heavy atom. The van der Waals surface area contributed by atoms with Crippen molar-refractivity contribution in [3.63, 3.8) is 0 Å². The molecule has 1 aliphatic rings. The van der Waals surface area contributed by atoms with E-state index in [1.54, 1.807) is 12.3 Å². The zero-order chi connectivity index (χ0) is 13.7. The van der Waals surface area contributed by atoms with Crippen LogP contribution in [0, 0.1) is 0 Å². The Kier molecular flexibility index (Phi) is 5.15. The van der Waals surface area contributed by atoms with Crippen LogP contribution in [0.1, 0.15) is 37.2 Å². The summed E-state index contributed by atoms with van der Waals surface area (Å²) in [5.74, 6) is -0.339. The highest BCUT2D eigenvalue weighted by Gasteiger charge is 2.22. The van der Waals surface area contributed by atoms with Crippen molar-refractivity contribution >= 4 is 22.4 Å². The molecule has 1 fully saturated rings. The molecule has 1 aromatic heterocycles. The van der Waals surface area contributed by atoms with Gasteiger partial charge >= 0.3 is 5.97 Å². The highest BCUT2D eigenvalue weighted by molar-refractivity contribution is 7.13. The lowest BCUT2D eigenvalue weighted by molar-refractivity contribution is 0.0458. The van der Waals surface area contributed by atoms with E-state index in [9.17, 15) is 4.79 Å². The quantitative estimate of drug-likeness (QED) is 0.777. The largest absolute Gasteiger partial charge is 0.461 e. The van der Waals surface area contributed by atoms with E-state index in [1.807, 2.05) is 6.92 Å². The Hall–Kier alpha value is -1.14. The van der Waals surface area contributed by atoms with Gasteiger partial charge in [-0.2, -0.15) is 0 Å². The number of thiazole rings is 1. The molecule has 0 atom stereocenters. The predicted octanol–water partition coefficient (Wildman–Crippen LogP) is 2.33. The minimum absolute atomic E-state index is 0.339. The highest BCUT2D eigenvalue weighted by atomic mass is 32.1. The van der Waals surface area contributed by atoms with Crippen molar-refractivity contribution in [1.82, 2.24) is 4.98 Å². The van der Waals surface area contributed by atoms with Crippen LogP contribution in [-0.2, 0) is 9.47 Å². The topological polar surface area (TPSA) is 51.7 Å². The van der Waals surface area contributed by atoms with E-state index in [0.717, 1.165) is 37.7 Å². The molecule has 0 unspecified atom stereocenters. The minimum Gasteiger partial charge on any atom is -0.461 e. The standard InChI is InChI=1S/C13H20N2O3S/c1-3-17-10-5-7-15(8-6-10)13-14-11(9-19-13)12(16)18-4-2/h9-10H,3-8H2,1-2H3. The van der Waals surface area contributed by atoms with E-state index >= 15 is 0 Å². The highest BCUT2D eigenvalue weighted by Crippen LogP contribution is 2.25. The van der Waals surface area contributed by atoms with Crippen LogP contribution >= 0.6 is 11.3 Å². The number of hydrogen-bond acceptors (Lipinski definition) is 6. The third-order valence-electron chi connectivity index (χ3n) is 3.09. The number of nitrogens with zero attached hydrogens (tertiary/aromatic N) is 2. The van der Waals surface area contributed by atoms with Crippen molar-refractivity contribution in [1.29, 1.82) is 0 Å². The summed E-state index contributed by atoms with van der Waals surface area (Å²) in [5.41, 5.74) is 0.411. The number of carbonyl (C=O) groups excluding carboxylic acids is 1. The molecular weight excluding hydrogens is 264 g/mol. The Morgan fingerprint density at radius 2 is 2.16 bits per heavy atom. The van der Waals surface area contributed by atoms with Crippen LogP contribution in [0.2, 0.25) is 0 Å². The number of hydrogen-bond donors (Lipinski definition) is 0. The molecule has 0 bridgehead atoms. The van der Waals surface area contributed by atoms with Gasteiger partial charge in [-0.05, 0) is 26.7 Å². The number of ether oxygens (including phenoxy) is 2. The van der Waals surface area contributed by atoms with Crippen LogP contribution in [0.15, 0.2) is 5.38 Å². The maximum absolute atomic E-state index is 11.6. The Morgan fingerprint density at radius 1 is 1.42 bits per heavy atom. The summed E-state index contributed by atoms with van der Waals surface area (Å²) in [4.78, 5) is 18.1. The van der Waals surface area contributed by atoms with Gasteiger partial charge in [0.25, 0.3) is 0 Å². The molecule has 106 valence electrons. The minimum atomic E-state index is -0.339. The lowest BCUT2D eigenvalue weighted by Gasteiger charge is -2.31. The van der Waals surface area contributed by atoms with E-state index in [-0.39, 0.29) is 5.97 Å². The van der Waals surface area contributed by atoms with E-state index in [4.69, 9.17) is 9.47 Å². The molecule has 2 heterocycles. The van der Waals surface area contributed by atoms with Crippen molar-refractivity contribution < 1.29 is 14.3 Å². The molecular formula is C13H20N2O3S. The number of aromatic nitrogens is 1. The van der Waals surface area contributed by atoms with Gasteiger partial charge in [-0.25, -0.2) is 9.78 Å². The molecule has 0 aromatic carbocycles. The fourth-order valence-electron chi connectivity index (χ4n) is 2.16. The first kappa shape index (κ1) is 14.3. The van der Waals surface area contributed by atoms with Crippen molar-refractivity contribution in [3.8, 4) is 0 Å². The Bertz CT molecular complexity index is 414. The fraction of sp³-hybridized carbons (Fsp3) is 0.692. The third-order valence-corrected chi connectivity index (χ3v) is 3.99. The molecule has 0 amide bonds. The number of rotatable bonds is 5. The maximum atomic E-state index is 11.6. The average Bonchev–Trinajstić information content (AvgIpc) is 2.90. The van der Waals surface area contributed by atoms with Gasteiger partial charge in [0.2, 0.25) is 0 Å². The monoisotopic (exact) mass is 284 g/mol. The summed E-state index contributed by atoms with van der Waals surface area (Å²) in [6.45, 7) is 6.84. The number of anilines is 1. The fourth-order valence-corrected chi connectivity index (χ4v) is 3.01. The van der Waals surface area contributed by atoms with Gasteiger partial charge in [0.15, 0.2) is 10.8 Å². The van der Waals surface area contributed by atoms with Crippen molar-refractivity contribution in [2.24, 2.45) is 0 Å². The summed E-state index contributed by atoms with van der Waals surface area (Å²) in [5, 5.41) is 2.67. The normalized spacial score (nSPS) is 16.6. The van der Waals surface area contributed by atoms with Gasteiger partial charge < -0.3 is 14.4 Å². The van der Waals surface area contributed by atoms with E-state index in [0.29, 0.717) is 18.4 Å². The molecule has 0 saturated carbocycles. The second-order valence-electron chi connectivity index (χ2n) is 4.38. The molecule has 19 heavy (non-hydrogen) atoms. The van der Waals surface area contributed by atoms with Gasteiger partial charge in [-0.3, -0.25) is 0 Å². The van der Waals surface area contributed by atoms with E-state index in [2.05, 4.69) is 9.88 Å². The van der Waals surface area contributed by atoms with Crippen LogP contribution < -0.4 is 4.90 Å². The lowest BCUT2D eigenvalue weighted by Crippen LogP contribution is -2.37. The number of piperidine rings is 1. The molecule has 0 radical (unpaired) electrons. The zero-order valence-corrected chi connectivity index (χ0v) is 12.2. The van der Waals surface area contributed by atoms with Crippen molar-refractivity contribution in [3.05, 3.63) is 11.1 Å². The number of esters is 1. The maximum Gasteiger partial charge on any atom is 0.357 e. The van der Waals surface area contributed by atoms with Crippen LogP contribution in [0.3, 0.4) is 0 Å². The lowest BCUT2D eigenvalue weighted by atomic mass is 10.1. The molecule has 1 saturated heterocycles. The SMILES string of the molecule is CCOC(=O)c1csc(N2CCC(OCC)CC2)n1. The zero-order valence-electron chi connectivity index (χ0n) is 11.4. The second kappa shape index (κ2) is 6.86. The van der Waals surface area contributed by atoms with Crippen LogP contribution in [0.5, 0.6) is 0 Å². The van der Waals surface area contributed by atoms with Gasteiger partial charge in [-0.1, -0.05) is 0 Å². The van der Waals surface area contributed by atoms with Crippen LogP contribution in [0.4, 0.5) is 5.13 Å². The summed E-state index contributed by atoms with van der Waals surface area (Å²) in [7, 11) is 0. The second-order valence-corrected chi connectivity index (χ2v) is 5.21. The van der Waals surface area contributed by atoms with Gasteiger partial charge in [0, 0.05) is 25.1 Å². The molecule has 0 aliphatic carbocycles. The first-order chi connectivity index (χ1) is 9.24. The molecule has 1 aromatic rings. The molecule has 0 N–H and O–H groups in total. The predicted molar refractivity (Wildman–Crippen MR) is 74.9 cm³/mol. The van der Waals surface area contributed by atoms with E-state index < -0.39 is 0 Å². The first-order valence-corrected chi connectivity index (χ1v) is 7.61. The average molecular weight is 284 g/mol. The molecule has 5 nitrogen and oxygen atoms in total. The molecule has 2 rings (SSSR count). The molecule has 6 heteroatoms. The van der Waals surface area contributed by atoms with Crippen LogP contribution in [-0.4, -0.2) is 43.4 Å². The number of carbonyl (C=O) groups is 1.